The summed E-state index contributed by atoms with van der Waals surface area (Å²) in [6.07, 6.45) is 6.82. The number of amides is 1. The van der Waals surface area contributed by atoms with Crippen LogP contribution in [0, 0.1) is 0 Å². The van der Waals surface area contributed by atoms with Gasteiger partial charge in [0.05, 0.1) is 0 Å². The molecule has 1 fully saturated rings. The highest BCUT2D eigenvalue weighted by atomic mass is 16.6. The lowest BCUT2D eigenvalue weighted by Crippen LogP contribution is -2.60. The van der Waals surface area contributed by atoms with Crippen molar-refractivity contribution in [3.63, 3.8) is 0 Å². The third-order valence-corrected chi connectivity index (χ3v) is 8.20. The summed E-state index contributed by atoms with van der Waals surface area (Å²) in [4.78, 5) is 28.8. The zero-order chi connectivity index (χ0) is 29.5. The van der Waals surface area contributed by atoms with E-state index in [1.54, 1.807) is 20.8 Å². The number of nitrogens with zero attached hydrogens (tertiary/aromatic N) is 2. The van der Waals surface area contributed by atoms with Gasteiger partial charge in [0, 0.05) is 47.9 Å². The van der Waals surface area contributed by atoms with Crippen LogP contribution in [0.25, 0.3) is 27.5 Å². The highest BCUT2D eigenvalue weighted by molar-refractivity contribution is 6.06. The Labute approximate surface area is 245 Å². The summed E-state index contributed by atoms with van der Waals surface area (Å²) in [5, 5.41) is 12.3. The SMILES string of the molecule is CC(C)(C)OC(=O)N1CCN(CC2(c3cccc4c3oc3ccccc34)C=CC(c3ccccc3)=CC2)CC1C(=O)O. The predicted molar refractivity (Wildman–Crippen MR) is 164 cm³/mol. The zero-order valence-electron chi connectivity index (χ0n) is 24.2. The highest BCUT2D eigenvalue weighted by Crippen LogP contribution is 2.43. The first-order valence-corrected chi connectivity index (χ1v) is 14.4. The molecule has 0 saturated carbocycles. The van der Waals surface area contributed by atoms with Gasteiger partial charge in [0.15, 0.2) is 0 Å². The van der Waals surface area contributed by atoms with Gasteiger partial charge in [-0.25, -0.2) is 9.59 Å². The van der Waals surface area contributed by atoms with Crippen LogP contribution in [0.15, 0.2) is 95.4 Å². The molecule has 0 spiro atoms. The maximum Gasteiger partial charge on any atom is 0.411 e. The second-order valence-corrected chi connectivity index (χ2v) is 12.3. The van der Waals surface area contributed by atoms with E-state index >= 15 is 0 Å². The Kier molecular flexibility index (Phi) is 7.15. The van der Waals surface area contributed by atoms with Crippen LogP contribution in [0.4, 0.5) is 4.79 Å². The van der Waals surface area contributed by atoms with Crippen molar-refractivity contribution in [1.29, 1.82) is 0 Å². The van der Waals surface area contributed by atoms with Gasteiger partial charge in [0.2, 0.25) is 0 Å². The minimum Gasteiger partial charge on any atom is -0.480 e. The smallest absolute Gasteiger partial charge is 0.411 e. The minimum atomic E-state index is -1.04. The predicted octanol–water partition coefficient (Wildman–Crippen LogP) is 6.87. The van der Waals surface area contributed by atoms with Crippen molar-refractivity contribution in [2.24, 2.45) is 0 Å². The molecule has 2 unspecified atom stereocenters. The number of allylic oxidation sites excluding steroid dienone is 3. The number of ether oxygens (including phenoxy) is 1. The van der Waals surface area contributed by atoms with E-state index in [9.17, 15) is 14.7 Å². The third-order valence-electron chi connectivity index (χ3n) is 8.20. The first kappa shape index (κ1) is 27.8. The Bertz CT molecular complexity index is 1700. The van der Waals surface area contributed by atoms with Crippen LogP contribution in [0.5, 0.6) is 0 Å². The molecular weight excluding hydrogens is 528 g/mol. The number of furan rings is 1. The van der Waals surface area contributed by atoms with Gasteiger partial charge in [-0.1, -0.05) is 85.0 Å². The fourth-order valence-corrected chi connectivity index (χ4v) is 6.20. The number of carbonyl (C=O) groups excluding carboxylic acids is 1. The van der Waals surface area contributed by atoms with Crippen molar-refractivity contribution in [1.82, 2.24) is 9.80 Å². The lowest BCUT2D eigenvalue weighted by atomic mass is 9.72. The van der Waals surface area contributed by atoms with Gasteiger partial charge < -0.3 is 14.3 Å². The van der Waals surface area contributed by atoms with Gasteiger partial charge in [-0.3, -0.25) is 9.80 Å². The van der Waals surface area contributed by atoms with Crippen LogP contribution < -0.4 is 0 Å². The first-order valence-electron chi connectivity index (χ1n) is 14.4. The Hall–Kier alpha value is -4.36. The van der Waals surface area contributed by atoms with Crippen LogP contribution in [-0.4, -0.2) is 64.8 Å². The van der Waals surface area contributed by atoms with Gasteiger partial charge >= 0.3 is 12.1 Å². The molecule has 42 heavy (non-hydrogen) atoms. The summed E-state index contributed by atoms with van der Waals surface area (Å²) in [6, 6.07) is 23.7. The topological polar surface area (TPSA) is 83.2 Å². The molecule has 2 atom stereocenters. The number of fused-ring (bicyclic) bond motifs is 3. The van der Waals surface area contributed by atoms with Gasteiger partial charge in [-0.15, -0.1) is 0 Å². The average molecular weight is 565 g/mol. The molecule has 1 amide bonds. The molecular formula is C35H36N2O5. The Morgan fingerprint density at radius 1 is 0.976 bits per heavy atom. The molecule has 1 saturated heterocycles. The molecule has 1 aliphatic heterocycles. The maximum absolute atomic E-state index is 12.9. The number of rotatable bonds is 5. The van der Waals surface area contributed by atoms with E-state index in [1.165, 1.54) is 4.90 Å². The molecule has 6 rings (SSSR count). The monoisotopic (exact) mass is 564 g/mol. The molecule has 7 heteroatoms. The van der Waals surface area contributed by atoms with Gasteiger partial charge in [0.25, 0.3) is 0 Å². The van der Waals surface area contributed by atoms with Crippen molar-refractivity contribution in [2.75, 3.05) is 26.2 Å². The number of carboxylic acids is 1. The third kappa shape index (κ3) is 5.32. The van der Waals surface area contributed by atoms with E-state index in [4.69, 9.17) is 9.15 Å². The van der Waals surface area contributed by atoms with E-state index in [0.717, 1.165) is 38.6 Å². The largest absolute Gasteiger partial charge is 0.480 e. The number of carbonyl (C=O) groups is 2. The van der Waals surface area contributed by atoms with Crippen molar-refractivity contribution in [3.8, 4) is 0 Å². The molecule has 2 heterocycles. The van der Waals surface area contributed by atoms with Crippen molar-refractivity contribution >= 4 is 39.6 Å². The minimum absolute atomic E-state index is 0.204. The molecule has 1 aromatic heterocycles. The molecule has 7 nitrogen and oxygen atoms in total. The summed E-state index contributed by atoms with van der Waals surface area (Å²) in [6.45, 7) is 6.93. The molecule has 3 aromatic carbocycles. The number of carboxylic acid groups (broad SMARTS) is 1. The standard InChI is InChI=1S/C35H36N2O5/c1-34(2,3)42-33(40)37-21-20-36(22-29(37)32(38)39)23-35(18-16-25(17-19-35)24-10-5-4-6-11-24)28-14-9-13-27-26-12-7-8-15-30(26)41-31(27)28/h4-18,29H,19-23H2,1-3H3,(H,38,39). The Morgan fingerprint density at radius 2 is 1.71 bits per heavy atom. The van der Waals surface area contributed by atoms with E-state index < -0.39 is 29.1 Å². The van der Waals surface area contributed by atoms with E-state index in [1.807, 2.05) is 36.4 Å². The Morgan fingerprint density at radius 3 is 2.43 bits per heavy atom. The summed E-state index contributed by atoms with van der Waals surface area (Å²) in [5.74, 6) is -1.04. The second-order valence-electron chi connectivity index (χ2n) is 12.3. The number of hydrogen-bond donors (Lipinski definition) is 1. The summed E-state index contributed by atoms with van der Waals surface area (Å²) in [7, 11) is 0. The van der Waals surface area contributed by atoms with Crippen LogP contribution >= 0.6 is 0 Å². The zero-order valence-corrected chi connectivity index (χ0v) is 24.2. The number of para-hydroxylation sites is 2. The summed E-state index contributed by atoms with van der Waals surface area (Å²) in [5.41, 5.74) is 3.89. The van der Waals surface area contributed by atoms with Crippen LogP contribution in [0.2, 0.25) is 0 Å². The summed E-state index contributed by atoms with van der Waals surface area (Å²) >= 11 is 0. The van der Waals surface area contributed by atoms with E-state index in [0.29, 0.717) is 19.5 Å². The van der Waals surface area contributed by atoms with E-state index in [2.05, 4.69) is 59.5 Å². The Balaban J connectivity index is 1.36. The molecule has 216 valence electrons. The molecule has 4 aromatic rings. The van der Waals surface area contributed by atoms with Gasteiger partial charge in [0.1, 0.15) is 22.8 Å². The average Bonchev–Trinajstić information content (AvgIpc) is 3.36. The maximum atomic E-state index is 12.9. The molecule has 1 N–H and O–H groups in total. The number of benzene rings is 3. The highest BCUT2D eigenvalue weighted by Gasteiger charge is 2.42. The molecule has 1 aliphatic carbocycles. The quantitative estimate of drug-likeness (QED) is 0.285. The lowest BCUT2D eigenvalue weighted by Gasteiger charge is -2.44. The van der Waals surface area contributed by atoms with Crippen LogP contribution in [0.3, 0.4) is 0 Å². The molecule has 2 aliphatic rings. The summed E-state index contributed by atoms with van der Waals surface area (Å²) < 4.78 is 12.0. The number of piperazine rings is 1. The van der Waals surface area contributed by atoms with Crippen LogP contribution in [0.1, 0.15) is 38.3 Å². The lowest BCUT2D eigenvalue weighted by molar-refractivity contribution is -0.145. The molecule has 0 bridgehead atoms. The fraction of sp³-hybridized carbons (Fsp3) is 0.314. The van der Waals surface area contributed by atoms with Gasteiger partial charge in [-0.2, -0.15) is 0 Å². The van der Waals surface area contributed by atoms with Crippen molar-refractivity contribution < 1.29 is 23.8 Å². The first-order chi connectivity index (χ1) is 20.1. The van der Waals surface area contributed by atoms with Crippen molar-refractivity contribution in [3.05, 3.63) is 102 Å². The second kappa shape index (κ2) is 10.8. The van der Waals surface area contributed by atoms with Crippen molar-refractivity contribution in [2.45, 2.75) is 44.2 Å². The molecule has 0 radical (unpaired) electrons. The van der Waals surface area contributed by atoms with E-state index in [-0.39, 0.29) is 13.1 Å². The number of hydrogen-bond acceptors (Lipinski definition) is 5. The van der Waals surface area contributed by atoms with Gasteiger partial charge in [-0.05, 0) is 44.4 Å². The van der Waals surface area contributed by atoms with Crippen LogP contribution in [-0.2, 0) is 14.9 Å². The normalized spacial score (nSPS) is 21.5. The fourth-order valence-electron chi connectivity index (χ4n) is 6.20. The number of aliphatic carboxylic acids is 1.